The summed E-state index contributed by atoms with van der Waals surface area (Å²) < 4.78 is 11.1. The van der Waals surface area contributed by atoms with Crippen LogP contribution in [0, 0.1) is 13.8 Å². The monoisotopic (exact) mass is 445 g/mol. The molecule has 0 saturated heterocycles. The van der Waals surface area contributed by atoms with E-state index >= 15 is 0 Å². The number of rotatable bonds is 8. The molecule has 1 N–H and O–H groups in total. The number of ether oxygens (including phenoxy) is 2. The number of benzene rings is 3. The highest BCUT2D eigenvalue weighted by atomic mass is 16.5. The minimum absolute atomic E-state index is 0.131. The van der Waals surface area contributed by atoms with E-state index in [-0.39, 0.29) is 12.0 Å². The van der Waals surface area contributed by atoms with E-state index < -0.39 is 11.9 Å². The molecule has 3 aromatic carbocycles. The van der Waals surface area contributed by atoms with Gasteiger partial charge < -0.3 is 14.8 Å². The molecule has 0 aromatic heterocycles. The molecule has 1 amide bonds. The predicted molar refractivity (Wildman–Crippen MR) is 131 cm³/mol. The Kier molecular flexibility index (Phi) is 7.54. The molecule has 0 spiro atoms. The van der Waals surface area contributed by atoms with Gasteiger partial charge in [0, 0.05) is 5.69 Å². The lowest BCUT2D eigenvalue weighted by Gasteiger charge is -2.23. The van der Waals surface area contributed by atoms with Crippen LogP contribution >= 0.6 is 0 Å². The van der Waals surface area contributed by atoms with E-state index in [9.17, 15) is 9.59 Å². The normalized spacial score (nSPS) is 11.1. The summed E-state index contributed by atoms with van der Waals surface area (Å²) in [6.07, 6.45) is 1.06. The lowest BCUT2D eigenvalue weighted by atomic mass is 9.82. The Morgan fingerprint density at radius 2 is 1.48 bits per heavy atom. The van der Waals surface area contributed by atoms with Crippen LogP contribution < -0.4 is 10.1 Å². The Morgan fingerprint density at radius 1 is 0.879 bits per heavy atom. The molecule has 0 saturated carbocycles. The fourth-order valence-corrected chi connectivity index (χ4v) is 3.30. The van der Waals surface area contributed by atoms with Gasteiger partial charge in [-0.1, -0.05) is 45.0 Å². The Hall–Kier alpha value is -3.60. The summed E-state index contributed by atoms with van der Waals surface area (Å²) in [7, 11) is 0. The Morgan fingerprint density at radius 3 is 2.09 bits per heavy atom. The number of esters is 1. The van der Waals surface area contributed by atoms with E-state index in [1.807, 2.05) is 32.0 Å². The maximum absolute atomic E-state index is 12.3. The number of carbonyl (C=O) groups excluding carboxylic acids is 2. The molecular formula is C28H31NO4. The molecule has 0 aliphatic heterocycles. The Balaban J connectivity index is 1.52. The molecule has 5 heteroatoms. The number of amides is 1. The summed E-state index contributed by atoms with van der Waals surface area (Å²) in [5, 5.41) is 2.72. The number of hydrogen-bond acceptors (Lipinski definition) is 4. The van der Waals surface area contributed by atoms with Crippen molar-refractivity contribution in [3.05, 3.63) is 89.0 Å². The molecule has 0 radical (unpaired) electrons. The number of aryl methyl sites for hydroxylation is 1. The Labute approximate surface area is 195 Å². The first-order valence-electron chi connectivity index (χ1n) is 11.1. The number of carbonyl (C=O) groups is 2. The van der Waals surface area contributed by atoms with E-state index in [1.54, 1.807) is 36.4 Å². The molecule has 0 aliphatic carbocycles. The average Bonchev–Trinajstić information content (AvgIpc) is 2.81. The third-order valence-corrected chi connectivity index (χ3v) is 6.05. The van der Waals surface area contributed by atoms with Crippen LogP contribution in [-0.2, 0) is 14.9 Å². The lowest BCUT2D eigenvalue weighted by Crippen LogP contribution is -2.21. The molecule has 172 valence electrons. The minimum Gasteiger partial charge on any atom is -0.457 e. The molecule has 0 bridgehead atoms. The van der Waals surface area contributed by atoms with Crippen molar-refractivity contribution in [1.82, 2.24) is 0 Å². The van der Waals surface area contributed by atoms with Crippen LogP contribution in [0.5, 0.6) is 11.5 Å². The van der Waals surface area contributed by atoms with Gasteiger partial charge in [0.2, 0.25) is 0 Å². The van der Waals surface area contributed by atoms with Crippen LogP contribution in [0.15, 0.2) is 66.7 Å². The molecule has 0 fully saturated rings. The SMILES string of the molecule is CCC(C)(C)c1ccc(Oc2ccc(NC(=O)COC(=O)c3cccc(C)c3C)cc2)cc1. The van der Waals surface area contributed by atoms with Gasteiger partial charge in [0.1, 0.15) is 11.5 Å². The van der Waals surface area contributed by atoms with Crippen molar-refractivity contribution in [1.29, 1.82) is 0 Å². The van der Waals surface area contributed by atoms with Crippen LogP contribution in [0.1, 0.15) is 54.2 Å². The third kappa shape index (κ3) is 6.22. The summed E-state index contributed by atoms with van der Waals surface area (Å²) in [5.74, 6) is 0.498. The van der Waals surface area contributed by atoms with Gasteiger partial charge in [-0.15, -0.1) is 0 Å². The second kappa shape index (κ2) is 10.3. The van der Waals surface area contributed by atoms with E-state index in [2.05, 4.69) is 38.2 Å². The summed E-state index contributed by atoms with van der Waals surface area (Å²) in [5.41, 5.74) is 4.31. The van der Waals surface area contributed by atoms with Crippen molar-refractivity contribution in [3.8, 4) is 11.5 Å². The van der Waals surface area contributed by atoms with E-state index in [4.69, 9.17) is 9.47 Å². The van der Waals surface area contributed by atoms with Gasteiger partial charge in [0.25, 0.3) is 5.91 Å². The van der Waals surface area contributed by atoms with E-state index in [1.165, 1.54) is 5.56 Å². The molecule has 0 heterocycles. The number of hydrogen-bond donors (Lipinski definition) is 1. The van der Waals surface area contributed by atoms with Crippen molar-refractivity contribution in [2.75, 3.05) is 11.9 Å². The van der Waals surface area contributed by atoms with Gasteiger partial charge in [-0.05, 0) is 84.8 Å². The first-order valence-corrected chi connectivity index (χ1v) is 11.1. The van der Waals surface area contributed by atoms with Crippen molar-refractivity contribution in [3.63, 3.8) is 0 Å². The molecule has 33 heavy (non-hydrogen) atoms. The van der Waals surface area contributed by atoms with Crippen LogP contribution in [0.4, 0.5) is 5.69 Å². The Bertz CT molecular complexity index is 1120. The van der Waals surface area contributed by atoms with Crippen LogP contribution in [-0.4, -0.2) is 18.5 Å². The molecule has 0 aliphatic rings. The van der Waals surface area contributed by atoms with E-state index in [0.717, 1.165) is 23.3 Å². The molecular weight excluding hydrogens is 414 g/mol. The molecule has 3 aromatic rings. The van der Waals surface area contributed by atoms with Crippen LogP contribution in [0.3, 0.4) is 0 Å². The highest BCUT2D eigenvalue weighted by Gasteiger charge is 2.17. The van der Waals surface area contributed by atoms with E-state index in [0.29, 0.717) is 17.0 Å². The largest absolute Gasteiger partial charge is 0.457 e. The van der Waals surface area contributed by atoms with Gasteiger partial charge in [0.15, 0.2) is 6.61 Å². The first kappa shape index (κ1) is 24.1. The summed E-state index contributed by atoms with van der Waals surface area (Å²) in [6, 6.07) is 20.6. The molecule has 0 atom stereocenters. The van der Waals surface area contributed by atoms with Gasteiger partial charge in [-0.2, -0.15) is 0 Å². The zero-order chi connectivity index (χ0) is 24.0. The number of anilines is 1. The van der Waals surface area contributed by atoms with Gasteiger partial charge in [-0.3, -0.25) is 4.79 Å². The predicted octanol–water partition coefficient (Wildman–Crippen LogP) is 6.58. The van der Waals surface area contributed by atoms with Gasteiger partial charge in [-0.25, -0.2) is 4.79 Å². The molecule has 0 unspecified atom stereocenters. The lowest BCUT2D eigenvalue weighted by molar-refractivity contribution is -0.119. The second-order valence-electron chi connectivity index (χ2n) is 8.76. The first-order chi connectivity index (χ1) is 15.7. The third-order valence-electron chi connectivity index (χ3n) is 6.05. The van der Waals surface area contributed by atoms with Gasteiger partial charge in [0.05, 0.1) is 5.56 Å². The zero-order valence-electron chi connectivity index (χ0n) is 19.9. The summed E-state index contributed by atoms with van der Waals surface area (Å²) in [6.45, 7) is 10.1. The average molecular weight is 446 g/mol. The van der Waals surface area contributed by atoms with Crippen molar-refractivity contribution in [2.45, 2.75) is 46.5 Å². The topological polar surface area (TPSA) is 64.6 Å². The number of nitrogens with one attached hydrogen (secondary N) is 1. The van der Waals surface area contributed by atoms with Crippen molar-refractivity contribution >= 4 is 17.6 Å². The fourth-order valence-electron chi connectivity index (χ4n) is 3.30. The maximum Gasteiger partial charge on any atom is 0.338 e. The standard InChI is InChI=1S/C28H31NO4/c1-6-28(4,5)21-10-14-23(15-11-21)33-24-16-12-22(13-17-24)29-26(30)18-32-27(31)25-9-7-8-19(2)20(25)3/h7-17H,6,18H2,1-5H3,(H,29,30). The quantitative estimate of drug-likeness (QED) is 0.398. The summed E-state index contributed by atoms with van der Waals surface area (Å²) in [4.78, 5) is 24.5. The minimum atomic E-state index is -0.511. The van der Waals surface area contributed by atoms with Crippen molar-refractivity contribution in [2.24, 2.45) is 0 Å². The molecule has 3 rings (SSSR count). The van der Waals surface area contributed by atoms with Gasteiger partial charge >= 0.3 is 5.97 Å². The maximum atomic E-state index is 12.3. The summed E-state index contributed by atoms with van der Waals surface area (Å²) >= 11 is 0. The smallest absolute Gasteiger partial charge is 0.338 e. The molecule has 5 nitrogen and oxygen atoms in total. The van der Waals surface area contributed by atoms with Crippen LogP contribution in [0.2, 0.25) is 0 Å². The van der Waals surface area contributed by atoms with Crippen LogP contribution in [0.25, 0.3) is 0 Å². The van der Waals surface area contributed by atoms with Crippen molar-refractivity contribution < 1.29 is 19.1 Å². The second-order valence-corrected chi connectivity index (χ2v) is 8.76. The highest BCUT2D eigenvalue weighted by molar-refractivity contribution is 5.96. The zero-order valence-corrected chi connectivity index (χ0v) is 19.9. The highest BCUT2D eigenvalue weighted by Crippen LogP contribution is 2.30. The fraction of sp³-hybridized carbons (Fsp3) is 0.286.